The fraction of sp³-hybridized carbons (Fsp3) is 0.0909. The molecular weight excluding hydrogens is 422 g/mol. The number of non-ortho nitro benzene ring substituents is 1. The summed E-state index contributed by atoms with van der Waals surface area (Å²) >= 11 is 5.86. The Bertz CT molecular complexity index is 1050. The second kappa shape index (κ2) is 10.7. The summed E-state index contributed by atoms with van der Waals surface area (Å²) in [5.74, 6) is 0.587. The predicted molar refractivity (Wildman–Crippen MR) is 117 cm³/mol. The smallest absolute Gasteiger partial charge is 0.277 e. The first-order valence-corrected chi connectivity index (χ1v) is 9.54. The Morgan fingerprint density at radius 3 is 2.23 bits per heavy atom. The van der Waals surface area contributed by atoms with E-state index < -0.39 is 10.8 Å². The van der Waals surface area contributed by atoms with Crippen molar-refractivity contribution < 1.29 is 19.2 Å². The third-order valence-electron chi connectivity index (χ3n) is 4.02. The minimum atomic E-state index is -0.510. The number of hydrogen-bond donors (Lipinski definition) is 1. The number of benzene rings is 3. The number of nitrogens with one attached hydrogen (secondary N) is 1. The molecule has 0 aliphatic heterocycles. The first-order chi connectivity index (χ1) is 15.0. The quantitative estimate of drug-likeness (QED) is 0.303. The number of carbonyl (C=O) groups is 1. The number of nitro groups is 1. The molecule has 3 aromatic carbocycles. The minimum Gasteiger partial charge on any atom is -0.489 e. The molecule has 0 aromatic heterocycles. The molecule has 1 N–H and O–H groups in total. The van der Waals surface area contributed by atoms with Crippen LogP contribution in [0.25, 0.3) is 0 Å². The third-order valence-corrected chi connectivity index (χ3v) is 4.27. The molecule has 0 spiro atoms. The van der Waals surface area contributed by atoms with Gasteiger partial charge in [0, 0.05) is 17.2 Å². The van der Waals surface area contributed by atoms with Crippen molar-refractivity contribution >= 4 is 29.4 Å². The third kappa shape index (κ3) is 7.13. The maximum absolute atomic E-state index is 11.8. The van der Waals surface area contributed by atoms with Gasteiger partial charge in [-0.1, -0.05) is 23.7 Å². The van der Waals surface area contributed by atoms with Crippen molar-refractivity contribution in [1.29, 1.82) is 0 Å². The SMILES string of the molecule is O=C(COc1ccc([N+](=O)[O-])cc1)N/N=C/c1ccc(OCc2ccc(Cl)cc2)cc1. The molecule has 3 rings (SSSR count). The van der Waals surface area contributed by atoms with Gasteiger partial charge < -0.3 is 9.47 Å². The predicted octanol–water partition coefficient (Wildman–Crippen LogP) is 4.36. The molecule has 8 nitrogen and oxygen atoms in total. The first-order valence-electron chi connectivity index (χ1n) is 9.16. The highest BCUT2D eigenvalue weighted by Gasteiger charge is 2.06. The van der Waals surface area contributed by atoms with Crippen LogP contribution in [0.3, 0.4) is 0 Å². The van der Waals surface area contributed by atoms with Crippen LogP contribution in [0, 0.1) is 10.1 Å². The molecule has 3 aromatic rings. The maximum atomic E-state index is 11.8. The molecular formula is C22H18ClN3O5. The lowest BCUT2D eigenvalue weighted by atomic mass is 10.2. The van der Waals surface area contributed by atoms with Gasteiger partial charge in [0.1, 0.15) is 18.1 Å². The van der Waals surface area contributed by atoms with E-state index in [9.17, 15) is 14.9 Å². The van der Waals surface area contributed by atoms with Crippen LogP contribution >= 0.6 is 11.6 Å². The van der Waals surface area contributed by atoms with E-state index >= 15 is 0 Å². The Hall–Kier alpha value is -3.91. The lowest BCUT2D eigenvalue weighted by Crippen LogP contribution is -2.24. The minimum absolute atomic E-state index is 0.0530. The van der Waals surface area contributed by atoms with Gasteiger partial charge in [0.05, 0.1) is 11.1 Å². The lowest BCUT2D eigenvalue weighted by molar-refractivity contribution is -0.384. The number of hydrogen-bond acceptors (Lipinski definition) is 6. The highest BCUT2D eigenvalue weighted by atomic mass is 35.5. The van der Waals surface area contributed by atoms with Crippen molar-refractivity contribution in [2.75, 3.05) is 6.61 Å². The van der Waals surface area contributed by atoms with Crippen LogP contribution in [0.4, 0.5) is 5.69 Å². The van der Waals surface area contributed by atoms with E-state index in [2.05, 4.69) is 10.5 Å². The summed E-state index contributed by atoms with van der Waals surface area (Å²) in [7, 11) is 0. The molecule has 0 aliphatic rings. The molecule has 0 radical (unpaired) electrons. The largest absolute Gasteiger partial charge is 0.489 e. The highest BCUT2D eigenvalue weighted by Crippen LogP contribution is 2.17. The van der Waals surface area contributed by atoms with E-state index in [1.54, 1.807) is 24.3 Å². The van der Waals surface area contributed by atoms with Gasteiger partial charge in [-0.25, -0.2) is 5.43 Å². The van der Waals surface area contributed by atoms with Crippen molar-refractivity contribution in [3.05, 3.63) is 99.1 Å². The number of carbonyl (C=O) groups excluding carboxylic acids is 1. The molecule has 0 bridgehead atoms. The van der Waals surface area contributed by atoms with Crippen LogP contribution in [-0.4, -0.2) is 23.7 Å². The van der Waals surface area contributed by atoms with E-state index in [1.165, 1.54) is 30.5 Å². The van der Waals surface area contributed by atoms with Gasteiger partial charge in [-0.2, -0.15) is 5.10 Å². The number of rotatable bonds is 9. The lowest BCUT2D eigenvalue weighted by Gasteiger charge is -2.06. The van der Waals surface area contributed by atoms with Crippen LogP contribution in [0.5, 0.6) is 11.5 Å². The van der Waals surface area contributed by atoms with Gasteiger partial charge >= 0.3 is 0 Å². The monoisotopic (exact) mass is 439 g/mol. The zero-order valence-electron chi connectivity index (χ0n) is 16.2. The Labute approximate surface area is 183 Å². The fourth-order valence-electron chi connectivity index (χ4n) is 2.42. The van der Waals surface area contributed by atoms with Crippen LogP contribution < -0.4 is 14.9 Å². The van der Waals surface area contributed by atoms with Gasteiger partial charge in [-0.15, -0.1) is 0 Å². The van der Waals surface area contributed by atoms with Crippen molar-refractivity contribution in [1.82, 2.24) is 5.43 Å². The van der Waals surface area contributed by atoms with Crippen molar-refractivity contribution in [2.24, 2.45) is 5.10 Å². The Balaban J connectivity index is 1.41. The van der Waals surface area contributed by atoms with E-state index in [0.29, 0.717) is 23.1 Å². The standard InChI is InChI=1S/C22H18ClN3O5/c23-18-5-1-17(2-6-18)14-30-20-9-3-16(4-10-20)13-24-25-22(27)15-31-21-11-7-19(8-12-21)26(28)29/h1-13H,14-15H2,(H,25,27)/b24-13+. The summed E-state index contributed by atoms with van der Waals surface area (Å²) in [6.45, 7) is 0.155. The Morgan fingerprint density at radius 1 is 0.968 bits per heavy atom. The molecule has 9 heteroatoms. The summed E-state index contributed by atoms with van der Waals surface area (Å²) < 4.78 is 11.0. The topological polar surface area (TPSA) is 103 Å². The average molecular weight is 440 g/mol. The number of halogens is 1. The number of nitro benzene ring substituents is 1. The summed E-state index contributed by atoms with van der Waals surface area (Å²) in [5, 5.41) is 15.2. The first kappa shape index (κ1) is 21.8. The summed E-state index contributed by atoms with van der Waals surface area (Å²) in [5.41, 5.74) is 4.08. The summed E-state index contributed by atoms with van der Waals surface area (Å²) in [6.07, 6.45) is 1.49. The van der Waals surface area contributed by atoms with Gasteiger partial charge in [-0.3, -0.25) is 14.9 Å². The summed E-state index contributed by atoms with van der Waals surface area (Å²) in [6, 6.07) is 20.1. The molecule has 0 fully saturated rings. The van der Waals surface area contributed by atoms with Gasteiger partial charge in [0.15, 0.2) is 6.61 Å². The van der Waals surface area contributed by atoms with E-state index in [4.69, 9.17) is 21.1 Å². The molecule has 0 saturated carbocycles. The van der Waals surface area contributed by atoms with Gasteiger partial charge in [0.2, 0.25) is 0 Å². The second-order valence-electron chi connectivity index (χ2n) is 6.32. The Morgan fingerprint density at radius 2 is 1.58 bits per heavy atom. The highest BCUT2D eigenvalue weighted by molar-refractivity contribution is 6.30. The normalized spacial score (nSPS) is 10.6. The van der Waals surface area contributed by atoms with Crippen molar-refractivity contribution in [2.45, 2.75) is 6.61 Å². The fourth-order valence-corrected chi connectivity index (χ4v) is 2.55. The molecule has 31 heavy (non-hydrogen) atoms. The number of amides is 1. The zero-order chi connectivity index (χ0) is 22.1. The van der Waals surface area contributed by atoms with Crippen molar-refractivity contribution in [3.63, 3.8) is 0 Å². The van der Waals surface area contributed by atoms with E-state index in [1.807, 2.05) is 24.3 Å². The summed E-state index contributed by atoms with van der Waals surface area (Å²) in [4.78, 5) is 21.9. The Kier molecular flexibility index (Phi) is 7.56. The number of ether oxygens (including phenoxy) is 2. The molecule has 0 heterocycles. The number of hydrazone groups is 1. The van der Waals surface area contributed by atoms with Crippen LogP contribution in [0.15, 0.2) is 77.9 Å². The molecule has 0 unspecified atom stereocenters. The molecule has 1 amide bonds. The van der Waals surface area contributed by atoms with Crippen molar-refractivity contribution in [3.8, 4) is 11.5 Å². The molecule has 0 atom stereocenters. The van der Waals surface area contributed by atoms with E-state index in [0.717, 1.165) is 11.1 Å². The van der Waals surface area contributed by atoms with Crippen LogP contribution in [0.1, 0.15) is 11.1 Å². The number of nitrogens with zero attached hydrogens (tertiary/aromatic N) is 2. The van der Waals surface area contributed by atoms with E-state index in [-0.39, 0.29) is 12.3 Å². The van der Waals surface area contributed by atoms with Crippen LogP contribution in [0.2, 0.25) is 5.02 Å². The van der Waals surface area contributed by atoms with Gasteiger partial charge in [-0.05, 0) is 59.7 Å². The molecule has 0 aliphatic carbocycles. The zero-order valence-corrected chi connectivity index (χ0v) is 17.0. The van der Waals surface area contributed by atoms with Gasteiger partial charge in [0.25, 0.3) is 11.6 Å². The maximum Gasteiger partial charge on any atom is 0.277 e. The average Bonchev–Trinajstić information content (AvgIpc) is 2.78. The molecule has 158 valence electrons. The molecule has 0 saturated heterocycles. The van der Waals surface area contributed by atoms with Crippen LogP contribution in [-0.2, 0) is 11.4 Å². The second-order valence-corrected chi connectivity index (χ2v) is 6.75.